The number of carbonyl (C=O) groups is 2. The third-order valence-corrected chi connectivity index (χ3v) is 2.10. The average molecular weight is 156 g/mol. The van der Waals surface area contributed by atoms with Gasteiger partial charge in [0.05, 0.1) is 0 Å². The van der Waals surface area contributed by atoms with Gasteiger partial charge in [0.25, 0.3) is 0 Å². The molecule has 3 nitrogen and oxygen atoms in total. The minimum absolute atomic E-state index is 0.0612. The van der Waals surface area contributed by atoms with Gasteiger partial charge < -0.3 is 9.53 Å². The molecule has 0 aliphatic heterocycles. The summed E-state index contributed by atoms with van der Waals surface area (Å²) in [4.78, 5) is 21.4. The molecule has 11 heavy (non-hydrogen) atoms. The van der Waals surface area contributed by atoms with Crippen molar-refractivity contribution in [2.45, 2.75) is 25.4 Å². The summed E-state index contributed by atoms with van der Waals surface area (Å²) < 4.78 is 4.93. The van der Waals surface area contributed by atoms with Crippen molar-refractivity contribution in [2.75, 3.05) is 7.11 Å². The standard InChI is InChI=1S/C8H12O3/c1-11-8-3-2-6(5-9)4-7(8)10/h5-6,8H,2-4H2,1H3. The number of carbonyl (C=O) groups excluding carboxylic acids is 2. The predicted octanol–water partition coefficient (Wildman–Crippen LogP) is 0.570. The van der Waals surface area contributed by atoms with Crippen molar-refractivity contribution in [1.82, 2.24) is 0 Å². The molecule has 0 heterocycles. The molecule has 1 rings (SSSR count). The van der Waals surface area contributed by atoms with Crippen LogP contribution in [0.3, 0.4) is 0 Å². The monoisotopic (exact) mass is 156 g/mol. The summed E-state index contributed by atoms with van der Waals surface area (Å²) >= 11 is 0. The molecule has 0 amide bonds. The first kappa shape index (κ1) is 8.40. The molecule has 1 aliphatic rings. The van der Waals surface area contributed by atoms with Crippen LogP contribution in [0.2, 0.25) is 0 Å². The van der Waals surface area contributed by atoms with Crippen LogP contribution in [0.25, 0.3) is 0 Å². The molecule has 0 radical (unpaired) electrons. The molecule has 1 saturated carbocycles. The quantitative estimate of drug-likeness (QED) is 0.549. The summed E-state index contributed by atoms with van der Waals surface area (Å²) in [6, 6.07) is 0. The van der Waals surface area contributed by atoms with Crippen molar-refractivity contribution >= 4 is 12.1 Å². The van der Waals surface area contributed by atoms with Gasteiger partial charge in [-0.1, -0.05) is 0 Å². The van der Waals surface area contributed by atoms with Gasteiger partial charge >= 0.3 is 0 Å². The molecule has 0 aromatic rings. The van der Waals surface area contributed by atoms with Crippen LogP contribution in [0.4, 0.5) is 0 Å². The largest absolute Gasteiger partial charge is 0.374 e. The van der Waals surface area contributed by atoms with E-state index in [0.717, 1.165) is 12.7 Å². The Kier molecular flexibility index (Phi) is 2.76. The van der Waals surface area contributed by atoms with Crippen molar-refractivity contribution in [2.24, 2.45) is 5.92 Å². The molecule has 0 saturated heterocycles. The van der Waals surface area contributed by atoms with Crippen LogP contribution in [0, 0.1) is 5.92 Å². The van der Waals surface area contributed by atoms with Crippen molar-refractivity contribution in [1.29, 1.82) is 0 Å². The second kappa shape index (κ2) is 3.62. The lowest BCUT2D eigenvalue weighted by Crippen LogP contribution is -2.31. The van der Waals surface area contributed by atoms with Crippen molar-refractivity contribution in [3.05, 3.63) is 0 Å². The highest BCUT2D eigenvalue weighted by Gasteiger charge is 2.27. The van der Waals surface area contributed by atoms with E-state index in [1.165, 1.54) is 7.11 Å². The molecule has 0 aromatic carbocycles. The Bertz CT molecular complexity index is 165. The Morgan fingerprint density at radius 2 is 2.27 bits per heavy atom. The number of rotatable bonds is 2. The van der Waals surface area contributed by atoms with Crippen LogP contribution in [0.1, 0.15) is 19.3 Å². The highest BCUT2D eigenvalue weighted by Crippen LogP contribution is 2.21. The van der Waals surface area contributed by atoms with Gasteiger partial charge in [-0.3, -0.25) is 4.79 Å². The van der Waals surface area contributed by atoms with E-state index in [0.29, 0.717) is 12.8 Å². The van der Waals surface area contributed by atoms with E-state index >= 15 is 0 Å². The van der Waals surface area contributed by atoms with E-state index in [1.54, 1.807) is 0 Å². The maximum Gasteiger partial charge on any atom is 0.162 e. The number of methoxy groups -OCH3 is 1. The maximum atomic E-state index is 11.1. The number of ether oxygens (including phenoxy) is 1. The van der Waals surface area contributed by atoms with E-state index in [9.17, 15) is 9.59 Å². The number of hydrogen-bond donors (Lipinski definition) is 0. The Labute approximate surface area is 65.7 Å². The topological polar surface area (TPSA) is 43.4 Å². The van der Waals surface area contributed by atoms with E-state index in [4.69, 9.17) is 4.74 Å². The molecular formula is C8H12O3. The minimum Gasteiger partial charge on any atom is -0.374 e. The number of hydrogen-bond acceptors (Lipinski definition) is 3. The van der Waals surface area contributed by atoms with Crippen LogP contribution in [0.5, 0.6) is 0 Å². The Morgan fingerprint density at radius 3 is 2.73 bits per heavy atom. The van der Waals surface area contributed by atoms with Crippen LogP contribution < -0.4 is 0 Å². The molecule has 0 aromatic heterocycles. The van der Waals surface area contributed by atoms with E-state index in [2.05, 4.69) is 0 Å². The lowest BCUT2D eigenvalue weighted by molar-refractivity contribution is -0.135. The first-order valence-electron chi connectivity index (χ1n) is 3.78. The Balaban J connectivity index is 2.47. The van der Waals surface area contributed by atoms with E-state index in [1.807, 2.05) is 0 Å². The SMILES string of the molecule is COC1CCC(C=O)CC1=O. The number of Topliss-reactive ketones (excluding diaryl/α,β-unsaturated/α-hetero) is 1. The summed E-state index contributed by atoms with van der Waals surface area (Å²) in [6.45, 7) is 0. The fourth-order valence-corrected chi connectivity index (χ4v) is 1.38. The maximum absolute atomic E-state index is 11.1. The summed E-state index contributed by atoms with van der Waals surface area (Å²) in [5.41, 5.74) is 0. The van der Waals surface area contributed by atoms with E-state index < -0.39 is 0 Å². The predicted molar refractivity (Wildman–Crippen MR) is 39.2 cm³/mol. The summed E-state index contributed by atoms with van der Waals surface area (Å²) in [5, 5.41) is 0. The summed E-state index contributed by atoms with van der Waals surface area (Å²) in [5.74, 6) is 0.00440. The molecule has 0 bridgehead atoms. The second-order valence-corrected chi connectivity index (χ2v) is 2.87. The Hall–Kier alpha value is -0.700. The van der Waals surface area contributed by atoms with Crippen LogP contribution in [-0.2, 0) is 14.3 Å². The second-order valence-electron chi connectivity index (χ2n) is 2.87. The van der Waals surface area contributed by atoms with Gasteiger partial charge in [-0.25, -0.2) is 0 Å². The van der Waals surface area contributed by atoms with Gasteiger partial charge in [0, 0.05) is 19.4 Å². The van der Waals surface area contributed by atoms with Gasteiger partial charge in [0.2, 0.25) is 0 Å². The van der Waals surface area contributed by atoms with Gasteiger partial charge in [-0.05, 0) is 12.8 Å². The van der Waals surface area contributed by atoms with E-state index in [-0.39, 0.29) is 17.8 Å². The lowest BCUT2D eigenvalue weighted by Gasteiger charge is -2.22. The summed E-state index contributed by atoms with van der Waals surface area (Å²) in [6.07, 6.45) is 2.45. The van der Waals surface area contributed by atoms with Crippen molar-refractivity contribution in [3.63, 3.8) is 0 Å². The molecule has 3 heteroatoms. The van der Waals surface area contributed by atoms with Crippen LogP contribution in [0.15, 0.2) is 0 Å². The lowest BCUT2D eigenvalue weighted by atomic mass is 9.87. The smallest absolute Gasteiger partial charge is 0.162 e. The number of ketones is 1. The van der Waals surface area contributed by atoms with Crippen molar-refractivity contribution < 1.29 is 14.3 Å². The van der Waals surface area contributed by atoms with Gasteiger partial charge in [0.15, 0.2) is 5.78 Å². The number of aldehydes is 1. The molecule has 2 unspecified atom stereocenters. The normalized spacial score (nSPS) is 31.9. The highest BCUT2D eigenvalue weighted by molar-refractivity contribution is 5.86. The first-order chi connectivity index (χ1) is 5.27. The zero-order valence-electron chi connectivity index (χ0n) is 6.58. The van der Waals surface area contributed by atoms with Crippen LogP contribution >= 0.6 is 0 Å². The highest BCUT2D eigenvalue weighted by atomic mass is 16.5. The fraction of sp³-hybridized carbons (Fsp3) is 0.750. The van der Waals surface area contributed by atoms with Gasteiger partial charge in [0.1, 0.15) is 12.4 Å². The molecule has 0 spiro atoms. The summed E-state index contributed by atoms with van der Waals surface area (Å²) in [7, 11) is 1.53. The first-order valence-corrected chi connectivity index (χ1v) is 3.78. The van der Waals surface area contributed by atoms with Crippen molar-refractivity contribution in [3.8, 4) is 0 Å². The van der Waals surface area contributed by atoms with Gasteiger partial charge in [-0.15, -0.1) is 0 Å². The molecule has 62 valence electrons. The minimum atomic E-state index is -0.258. The molecule has 1 aliphatic carbocycles. The molecule has 1 fully saturated rings. The third kappa shape index (κ3) is 1.87. The average Bonchev–Trinajstić information content (AvgIpc) is 2.04. The molecule has 2 atom stereocenters. The molecule has 0 N–H and O–H groups in total. The third-order valence-electron chi connectivity index (χ3n) is 2.10. The molecular weight excluding hydrogens is 144 g/mol. The fourth-order valence-electron chi connectivity index (χ4n) is 1.38. The van der Waals surface area contributed by atoms with Crippen LogP contribution in [-0.4, -0.2) is 25.3 Å². The zero-order valence-corrected chi connectivity index (χ0v) is 6.58. The zero-order chi connectivity index (χ0) is 8.27. The Morgan fingerprint density at radius 1 is 1.55 bits per heavy atom. The van der Waals surface area contributed by atoms with Gasteiger partial charge in [-0.2, -0.15) is 0 Å².